The smallest absolute Gasteiger partial charge is 0.119 e. The molecule has 3 nitrogen and oxygen atoms in total. The number of thiophene rings is 1. The van der Waals surface area contributed by atoms with Gasteiger partial charge >= 0.3 is 0 Å². The van der Waals surface area contributed by atoms with Crippen LogP contribution in [0.1, 0.15) is 10.4 Å². The van der Waals surface area contributed by atoms with Crippen molar-refractivity contribution in [3.63, 3.8) is 0 Å². The Balaban J connectivity index is 1.56. The minimum atomic E-state index is 0.593. The molecule has 1 heterocycles. The predicted octanol–water partition coefficient (Wildman–Crippen LogP) is 3.11. The molecule has 4 heteroatoms. The van der Waals surface area contributed by atoms with Crippen LogP contribution >= 0.6 is 11.3 Å². The average Bonchev–Trinajstić information content (AvgIpc) is 2.98. The van der Waals surface area contributed by atoms with Gasteiger partial charge in [-0.1, -0.05) is 18.2 Å². The first-order valence-electron chi connectivity index (χ1n) is 6.85. The van der Waals surface area contributed by atoms with Crippen LogP contribution in [0.5, 0.6) is 5.75 Å². The second kappa shape index (κ2) is 8.74. The summed E-state index contributed by atoms with van der Waals surface area (Å²) in [5.74, 6) is 0.895. The Labute approximate surface area is 124 Å². The average molecular weight is 291 g/mol. The summed E-state index contributed by atoms with van der Waals surface area (Å²) < 4.78 is 11.2. The molecule has 20 heavy (non-hydrogen) atoms. The normalized spacial score (nSPS) is 10.7. The first kappa shape index (κ1) is 15.0. The molecular weight excluding hydrogens is 270 g/mol. The SMILES string of the molecule is CNCc1ccc(OCCOCCc2cccs2)cc1. The minimum absolute atomic E-state index is 0.593. The van der Waals surface area contributed by atoms with Gasteiger partial charge in [0.15, 0.2) is 0 Å². The standard InChI is InChI=1S/C16H21NO2S/c1-17-13-14-4-6-15(7-5-14)19-11-10-18-9-8-16-3-2-12-20-16/h2-7,12,17H,8-11,13H2,1H3. The van der Waals surface area contributed by atoms with E-state index < -0.39 is 0 Å². The Kier molecular flexibility index (Phi) is 6.57. The molecule has 0 bridgehead atoms. The molecule has 1 aromatic heterocycles. The van der Waals surface area contributed by atoms with Crippen LogP contribution in [0.4, 0.5) is 0 Å². The largest absolute Gasteiger partial charge is 0.491 e. The van der Waals surface area contributed by atoms with Crippen LogP contribution in [0.3, 0.4) is 0 Å². The maximum atomic E-state index is 5.63. The van der Waals surface area contributed by atoms with E-state index >= 15 is 0 Å². The molecule has 0 atom stereocenters. The van der Waals surface area contributed by atoms with Crippen molar-refractivity contribution in [3.8, 4) is 5.75 Å². The highest BCUT2D eigenvalue weighted by atomic mass is 32.1. The topological polar surface area (TPSA) is 30.5 Å². The number of nitrogens with one attached hydrogen (secondary N) is 1. The summed E-state index contributed by atoms with van der Waals surface area (Å²) in [5, 5.41) is 5.21. The lowest BCUT2D eigenvalue weighted by atomic mass is 10.2. The molecule has 2 aromatic rings. The van der Waals surface area contributed by atoms with E-state index in [1.807, 2.05) is 19.2 Å². The molecule has 1 aromatic carbocycles. The van der Waals surface area contributed by atoms with E-state index in [-0.39, 0.29) is 0 Å². The molecule has 0 unspecified atom stereocenters. The molecule has 0 aliphatic heterocycles. The molecule has 1 N–H and O–H groups in total. The third-order valence-corrected chi connectivity index (χ3v) is 3.81. The Morgan fingerprint density at radius 3 is 2.60 bits per heavy atom. The van der Waals surface area contributed by atoms with Crippen molar-refractivity contribution in [3.05, 3.63) is 52.2 Å². The summed E-state index contributed by atoms with van der Waals surface area (Å²) in [7, 11) is 1.94. The molecule has 0 saturated heterocycles. The first-order chi connectivity index (χ1) is 9.88. The van der Waals surface area contributed by atoms with Gasteiger partial charge < -0.3 is 14.8 Å². The van der Waals surface area contributed by atoms with Crippen molar-refractivity contribution in [2.24, 2.45) is 0 Å². The molecule has 2 rings (SSSR count). The molecule has 108 valence electrons. The lowest BCUT2D eigenvalue weighted by Crippen LogP contribution is -2.08. The Hall–Kier alpha value is -1.36. The molecular formula is C16H21NO2S. The van der Waals surface area contributed by atoms with Gasteiger partial charge in [-0.25, -0.2) is 0 Å². The van der Waals surface area contributed by atoms with Gasteiger partial charge in [0.05, 0.1) is 13.2 Å². The van der Waals surface area contributed by atoms with E-state index in [1.54, 1.807) is 11.3 Å². The fourth-order valence-electron chi connectivity index (χ4n) is 1.86. The van der Waals surface area contributed by atoms with E-state index in [0.29, 0.717) is 13.2 Å². The second-order valence-corrected chi connectivity index (χ2v) is 5.50. The van der Waals surface area contributed by atoms with Crippen LogP contribution in [-0.4, -0.2) is 26.9 Å². The molecule has 0 aliphatic carbocycles. The second-order valence-electron chi connectivity index (χ2n) is 4.46. The third-order valence-electron chi connectivity index (χ3n) is 2.87. The van der Waals surface area contributed by atoms with Gasteiger partial charge in [-0.05, 0) is 36.2 Å². The van der Waals surface area contributed by atoms with E-state index in [4.69, 9.17) is 9.47 Å². The quantitative estimate of drug-likeness (QED) is 0.720. The van der Waals surface area contributed by atoms with E-state index in [2.05, 4.69) is 35.0 Å². The molecule has 0 amide bonds. The van der Waals surface area contributed by atoms with E-state index in [9.17, 15) is 0 Å². The molecule has 0 spiro atoms. The van der Waals surface area contributed by atoms with Crippen molar-refractivity contribution in [1.29, 1.82) is 0 Å². The number of ether oxygens (including phenoxy) is 2. The fourth-order valence-corrected chi connectivity index (χ4v) is 2.55. The van der Waals surface area contributed by atoms with Crippen LogP contribution in [0.15, 0.2) is 41.8 Å². The van der Waals surface area contributed by atoms with Crippen molar-refractivity contribution in [2.45, 2.75) is 13.0 Å². The van der Waals surface area contributed by atoms with Crippen LogP contribution in [0, 0.1) is 0 Å². The number of hydrogen-bond donors (Lipinski definition) is 1. The van der Waals surface area contributed by atoms with Crippen molar-refractivity contribution in [1.82, 2.24) is 5.32 Å². The van der Waals surface area contributed by atoms with E-state index in [1.165, 1.54) is 10.4 Å². The van der Waals surface area contributed by atoms with Gasteiger partial charge in [0, 0.05) is 17.8 Å². The summed E-state index contributed by atoms with van der Waals surface area (Å²) in [6.07, 6.45) is 0.983. The maximum absolute atomic E-state index is 5.63. The Bertz CT molecular complexity index is 468. The van der Waals surface area contributed by atoms with Crippen LogP contribution in [0.25, 0.3) is 0 Å². The molecule has 0 saturated carbocycles. The van der Waals surface area contributed by atoms with Gasteiger partial charge in [0.25, 0.3) is 0 Å². The van der Waals surface area contributed by atoms with Gasteiger partial charge in [-0.3, -0.25) is 0 Å². The highest BCUT2D eigenvalue weighted by molar-refractivity contribution is 7.09. The summed E-state index contributed by atoms with van der Waals surface area (Å²) in [4.78, 5) is 1.37. The highest BCUT2D eigenvalue weighted by Crippen LogP contribution is 2.12. The maximum Gasteiger partial charge on any atom is 0.119 e. The predicted molar refractivity (Wildman–Crippen MR) is 83.5 cm³/mol. The van der Waals surface area contributed by atoms with Gasteiger partial charge in [0.2, 0.25) is 0 Å². The summed E-state index contributed by atoms with van der Waals surface area (Å²) in [6, 6.07) is 12.3. The highest BCUT2D eigenvalue weighted by Gasteiger charge is 1.97. The van der Waals surface area contributed by atoms with Gasteiger partial charge in [-0.2, -0.15) is 0 Å². The zero-order chi connectivity index (χ0) is 14.0. The monoisotopic (exact) mass is 291 g/mol. The fraction of sp³-hybridized carbons (Fsp3) is 0.375. The molecule has 0 aliphatic rings. The van der Waals surface area contributed by atoms with Crippen LogP contribution in [-0.2, 0) is 17.7 Å². The van der Waals surface area contributed by atoms with Gasteiger partial charge in [-0.15, -0.1) is 11.3 Å². The summed E-state index contributed by atoms with van der Waals surface area (Å²) >= 11 is 1.77. The van der Waals surface area contributed by atoms with Crippen LogP contribution < -0.4 is 10.1 Å². The number of hydrogen-bond acceptors (Lipinski definition) is 4. The summed E-state index contributed by atoms with van der Waals surface area (Å²) in [5.41, 5.74) is 1.26. The Morgan fingerprint density at radius 1 is 1.05 bits per heavy atom. The molecule has 0 radical (unpaired) electrons. The minimum Gasteiger partial charge on any atom is -0.491 e. The van der Waals surface area contributed by atoms with Crippen molar-refractivity contribution >= 4 is 11.3 Å². The van der Waals surface area contributed by atoms with Crippen LogP contribution in [0.2, 0.25) is 0 Å². The zero-order valence-electron chi connectivity index (χ0n) is 11.8. The van der Waals surface area contributed by atoms with E-state index in [0.717, 1.165) is 25.3 Å². The lowest BCUT2D eigenvalue weighted by molar-refractivity contribution is 0.103. The summed E-state index contributed by atoms with van der Waals surface area (Å²) in [6.45, 7) is 2.86. The zero-order valence-corrected chi connectivity index (χ0v) is 12.6. The third kappa shape index (κ3) is 5.33. The van der Waals surface area contributed by atoms with Gasteiger partial charge in [0.1, 0.15) is 12.4 Å². The number of rotatable bonds is 9. The molecule has 0 fully saturated rings. The number of benzene rings is 1. The Morgan fingerprint density at radius 2 is 1.90 bits per heavy atom. The van der Waals surface area contributed by atoms with Crippen molar-refractivity contribution in [2.75, 3.05) is 26.9 Å². The first-order valence-corrected chi connectivity index (χ1v) is 7.73. The van der Waals surface area contributed by atoms with Crippen molar-refractivity contribution < 1.29 is 9.47 Å². The lowest BCUT2D eigenvalue weighted by Gasteiger charge is -2.08.